The molecule has 0 radical (unpaired) electrons. The summed E-state index contributed by atoms with van der Waals surface area (Å²) in [6.07, 6.45) is 18.3. The number of hydrogen-bond acceptors (Lipinski definition) is 6. The smallest absolute Gasteiger partial charge is 0.168 e. The first-order valence-electron chi connectivity index (χ1n) is 13.0. The summed E-state index contributed by atoms with van der Waals surface area (Å²) in [6, 6.07) is 6.58. The molecule has 1 saturated carbocycles. The van der Waals surface area contributed by atoms with Gasteiger partial charge in [-0.3, -0.25) is 9.98 Å². The van der Waals surface area contributed by atoms with Gasteiger partial charge in [0.25, 0.3) is 0 Å². The lowest BCUT2D eigenvalue weighted by molar-refractivity contribution is 0.0498. The van der Waals surface area contributed by atoms with Crippen molar-refractivity contribution >= 4 is 39.7 Å². The number of aliphatic imine (C=N–C) groups is 3. The molecule has 1 fully saturated rings. The summed E-state index contributed by atoms with van der Waals surface area (Å²) in [5, 5.41) is 1.14. The zero-order chi connectivity index (χ0) is 22.3. The fraction of sp³-hybridized carbons (Fsp3) is 0.464. The van der Waals surface area contributed by atoms with Crippen LogP contribution in [-0.2, 0) is 0 Å². The molecule has 7 aliphatic rings. The Balaban J connectivity index is 1.20. The van der Waals surface area contributed by atoms with E-state index in [1.54, 1.807) is 23.0 Å². The van der Waals surface area contributed by atoms with E-state index in [1.165, 1.54) is 79.8 Å². The quantitative estimate of drug-likeness (QED) is 0.451. The zero-order valence-electron chi connectivity index (χ0n) is 19.5. The second kappa shape index (κ2) is 7.20. The van der Waals surface area contributed by atoms with Crippen LogP contribution in [0.1, 0.15) is 57.8 Å². The van der Waals surface area contributed by atoms with Gasteiger partial charge in [-0.05, 0) is 99.6 Å². The van der Waals surface area contributed by atoms with E-state index in [0.717, 1.165) is 29.7 Å². The highest BCUT2D eigenvalue weighted by atomic mass is 32.2. The van der Waals surface area contributed by atoms with Crippen molar-refractivity contribution in [2.45, 2.75) is 68.3 Å². The Morgan fingerprint density at radius 2 is 2.06 bits per heavy atom. The maximum atomic E-state index is 5.48. The van der Waals surface area contributed by atoms with Crippen molar-refractivity contribution < 1.29 is 0 Å². The van der Waals surface area contributed by atoms with Crippen LogP contribution in [0, 0.1) is 5.92 Å². The first-order chi connectivity index (χ1) is 16.8. The van der Waals surface area contributed by atoms with Crippen molar-refractivity contribution in [2.24, 2.45) is 20.9 Å². The molecule has 0 amide bonds. The van der Waals surface area contributed by atoms with Crippen LogP contribution < -0.4 is 4.90 Å². The summed E-state index contributed by atoms with van der Waals surface area (Å²) < 4.78 is 0. The van der Waals surface area contributed by atoms with Gasteiger partial charge in [0.1, 0.15) is 5.66 Å². The summed E-state index contributed by atoms with van der Waals surface area (Å²) in [5.74, 6) is 0.663. The Hall–Kier alpha value is -2.60. The molecule has 2 unspecified atom stereocenters. The van der Waals surface area contributed by atoms with Crippen LogP contribution in [0.5, 0.6) is 0 Å². The van der Waals surface area contributed by atoms with Crippen molar-refractivity contribution in [1.29, 1.82) is 0 Å². The van der Waals surface area contributed by atoms with Gasteiger partial charge in [-0.25, -0.2) is 4.99 Å². The van der Waals surface area contributed by atoms with Gasteiger partial charge in [0.2, 0.25) is 0 Å². The van der Waals surface area contributed by atoms with Crippen LogP contribution >= 0.6 is 11.8 Å². The Morgan fingerprint density at radius 1 is 1.09 bits per heavy atom. The molecule has 34 heavy (non-hydrogen) atoms. The van der Waals surface area contributed by atoms with E-state index in [2.05, 4.69) is 51.2 Å². The van der Waals surface area contributed by atoms with Gasteiger partial charge in [0, 0.05) is 23.1 Å². The molecule has 0 N–H and O–H groups in total. The average Bonchev–Trinajstić information content (AvgIpc) is 3.54. The van der Waals surface area contributed by atoms with Gasteiger partial charge < -0.3 is 9.80 Å². The Bertz CT molecular complexity index is 1300. The molecule has 1 spiro atoms. The van der Waals surface area contributed by atoms with E-state index in [-0.39, 0.29) is 5.66 Å². The van der Waals surface area contributed by atoms with Crippen molar-refractivity contribution in [2.75, 3.05) is 18.0 Å². The summed E-state index contributed by atoms with van der Waals surface area (Å²) >= 11 is 1.78. The normalized spacial score (nSPS) is 31.9. The molecule has 2 atom stereocenters. The first-order valence-corrected chi connectivity index (χ1v) is 13.8. The van der Waals surface area contributed by atoms with Gasteiger partial charge in [-0.1, -0.05) is 12.0 Å². The molecular formula is C28H29N5S. The highest BCUT2D eigenvalue weighted by Crippen LogP contribution is 2.56. The molecule has 0 aromatic heterocycles. The number of thioether (sulfide) groups is 1. The van der Waals surface area contributed by atoms with Gasteiger partial charge in [0.15, 0.2) is 5.17 Å². The molecule has 0 saturated heterocycles. The maximum Gasteiger partial charge on any atom is 0.168 e. The Morgan fingerprint density at radius 3 is 3.06 bits per heavy atom. The lowest BCUT2D eigenvalue weighted by Crippen LogP contribution is -2.53. The van der Waals surface area contributed by atoms with Crippen LogP contribution in [-0.4, -0.2) is 40.2 Å². The third kappa shape index (κ3) is 2.72. The third-order valence-corrected chi connectivity index (χ3v) is 9.81. The third-order valence-electron chi connectivity index (χ3n) is 8.71. The molecule has 4 aliphatic heterocycles. The van der Waals surface area contributed by atoms with Gasteiger partial charge in [0.05, 0.1) is 35.0 Å². The van der Waals surface area contributed by atoms with E-state index in [0.29, 0.717) is 5.92 Å². The molecule has 172 valence electrons. The minimum Gasteiger partial charge on any atom is -0.318 e. The van der Waals surface area contributed by atoms with Crippen LogP contribution in [0.4, 0.5) is 11.4 Å². The van der Waals surface area contributed by atoms with Crippen molar-refractivity contribution in [1.82, 2.24) is 4.90 Å². The fourth-order valence-corrected chi connectivity index (χ4v) is 8.28. The average molecular weight is 468 g/mol. The van der Waals surface area contributed by atoms with E-state index in [4.69, 9.17) is 9.98 Å². The highest BCUT2D eigenvalue weighted by Gasteiger charge is 2.55. The topological polar surface area (TPSA) is 43.6 Å². The van der Waals surface area contributed by atoms with Crippen molar-refractivity contribution in [3.05, 3.63) is 53.4 Å². The fourth-order valence-electron chi connectivity index (χ4n) is 7.22. The lowest BCUT2D eigenvalue weighted by Gasteiger charge is -2.52. The lowest BCUT2D eigenvalue weighted by atomic mass is 9.70. The minimum absolute atomic E-state index is 0.0360. The maximum absolute atomic E-state index is 5.48. The van der Waals surface area contributed by atoms with Crippen LogP contribution in [0.2, 0.25) is 0 Å². The number of nitrogens with zero attached hydrogens (tertiary/aromatic N) is 5. The summed E-state index contributed by atoms with van der Waals surface area (Å²) in [5.41, 5.74) is 9.06. The molecule has 1 aromatic rings. The summed E-state index contributed by atoms with van der Waals surface area (Å²) in [6.45, 7) is 1.88. The molecule has 1 aromatic carbocycles. The highest BCUT2D eigenvalue weighted by molar-refractivity contribution is 8.14. The molecular weight excluding hydrogens is 438 g/mol. The van der Waals surface area contributed by atoms with Gasteiger partial charge in [-0.15, -0.1) is 0 Å². The zero-order valence-corrected chi connectivity index (χ0v) is 20.3. The second-order valence-corrected chi connectivity index (χ2v) is 11.6. The van der Waals surface area contributed by atoms with Crippen LogP contribution in [0.25, 0.3) is 0 Å². The SMILES string of the molecule is C1=CC2=NC34CCCCC3CC3=C(CCCC3)N4C2=CC1=Nc1ccc2c(c1)N1CCN=C1S2. The van der Waals surface area contributed by atoms with Crippen molar-refractivity contribution in [3.8, 4) is 0 Å². The Kier molecular flexibility index (Phi) is 4.17. The first kappa shape index (κ1) is 19.7. The summed E-state index contributed by atoms with van der Waals surface area (Å²) in [4.78, 5) is 21.5. The minimum atomic E-state index is -0.0360. The Labute approximate surface area is 205 Å². The van der Waals surface area contributed by atoms with Crippen LogP contribution in [0.15, 0.2) is 73.3 Å². The largest absolute Gasteiger partial charge is 0.318 e. The predicted octanol–water partition coefficient (Wildman–Crippen LogP) is 6.37. The number of benzene rings is 1. The van der Waals surface area contributed by atoms with E-state index in [1.807, 2.05) is 0 Å². The number of anilines is 1. The monoisotopic (exact) mass is 467 g/mol. The van der Waals surface area contributed by atoms with E-state index in [9.17, 15) is 0 Å². The molecule has 8 rings (SSSR count). The number of allylic oxidation sites excluding steroid dienone is 5. The summed E-state index contributed by atoms with van der Waals surface area (Å²) in [7, 11) is 0. The standard InChI is InChI=1S/C28H29N5S/c1-2-7-23-18(5-1)15-19-6-3-4-12-28(19)31-22-10-8-20(16-24(22)33(23)28)30-21-9-11-26-25(17-21)32-14-13-29-27(32)34-26/h8-11,16-17,19H,1-7,12-15H2. The molecule has 0 bridgehead atoms. The van der Waals surface area contributed by atoms with Crippen LogP contribution in [0.3, 0.4) is 0 Å². The van der Waals surface area contributed by atoms with E-state index >= 15 is 0 Å². The van der Waals surface area contributed by atoms with Gasteiger partial charge >= 0.3 is 0 Å². The molecule has 3 aliphatic carbocycles. The molecule has 5 nitrogen and oxygen atoms in total. The number of fused-ring (bicyclic) bond motifs is 6. The number of hydrogen-bond donors (Lipinski definition) is 0. The number of rotatable bonds is 1. The molecule has 4 heterocycles. The second-order valence-electron chi connectivity index (χ2n) is 10.6. The number of amidine groups is 1. The van der Waals surface area contributed by atoms with E-state index < -0.39 is 0 Å². The van der Waals surface area contributed by atoms with Gasteiger partial charge in [-0.2, -0.15) is 0 Å². The molecule has 6 heteroatoms. The predicted molar refractivity (Wildman–Crippen MR) is 140 cm³/mol. The van der Waals surface area contributed by atoms with Crippen molar-refractivity contribution in [3.63, 3.8) is 0 Å².